The maximum Gasteiger partial charge on any atom is 0.187 e. The van der Waals surface area contributed by atoms with Crippen LogP contribution >= 0.6 is 0 Å². The third kappa shape index (κ3) is 4.99. The molecular weight excluding hydrogens is 312 g/mol. The van der Waals surface area contributed by atoms with Gasteiger partial charge in [0, 0.05) is 20.8 Å². The van der Waals surface area contributed by atoms with Crippen molar-refractivity contribution in [3.63, 3.8) is 0 Å². The molecule has 0 bridgehead atoms. The zero-order chi connectivity index (χ0) is 17.4. The zero-order valence-corrected chi connectivity index (χ0v) is 14.6. The lowest BCUT2D eigenvalue weighted by Crippen LogP contribution is -2.60. The van der Waals surface area contributed by atoms with Gasteiger partial charge in [0.25, 0.3) is 0 Å². The molecule has 6 heteroatoms. The molecule has 136 valence electrons. The summed E-state index contributed by atoms with van der Waals surface area (Å²) in [5.41, 5.74) is 1.04. The molecule has 1 N–H and O–H groups in total. The minimum atomic E-state index is -0.835. The minimum absolute atomic E-state index is 0.259. The van der Waals surface area contributed by atoms with Crippen LogP contribution in [0.25, 0.3) is 0 Å². The topological polar surface area (TPSA) is 66.4 Å². The third-order valence-corrected chi connectivity index (χ3v) is 3.99. The Morgan fingerprint density at radius 3 is 2.46 bits per heavy atom. The van der Waals surface area contributed by atoms with Gasteiger partial charge in [0.2, 0.25) is 0 Å². The highest BCUT2D eigenvalue weighted by Gasteiger charge is 2.46. The Morgan fingerprint density at radius 1 is 1.08 bits per heavy atom. The second kappa shape index (κ2) is 10.1. The first-order chi connectivity index (χ1) is 11.7. The molecule has 1 aromatic carbocycles. The summed E-state index contributed by atoms with van der Waals surface area (Å²) in [6.45, 7) is 3.20. The van der Waals surface area contributed by atoms with Gasteiger partial charge in [-0.25, -0.2) is 0 Å². The van der Waals surface area contributed by atoms with Gasteiger partial charge in [0.1, 0.15) is 24.4 Å². The van der Waals surface area contributed by atoms with Crippen LogP contribution < -0.4 is 0 Å². The highest BCUT2D eigenvalue weighted by atomic mass is 16.7. The molecule has 0 spiro atoms. The number of ether oxygens (including phenoxy) is 5. The Hall–Kier alpha value is -1.02. The van der Waals surface area contributed by atoms with E-state index in [0.29, 0.717) is 13.2 Å². The van der Waals surface area contributed by atoms with Crippen molar-refractivity contribution in [2.45, 2.75) is 50.7 Å². The van der Waals surface area contributed by atoms with E-state index in [2.05, 4.69) is 0 Å². The van der Waals surface area contributed by atoms with Gasteiger partial charge in [0.05, 0.1) is 13.2 Å². The number of aliphatic hydroxyl groups is 1. The van der Waals surface area contributed by atoms with Crippen molar-refractivity contribution < 1.29 is 28.8 Å². The number of benzene rings is 1. The molecule has 0 radical (unpaired) electrons. The molecule has 1 aliphatic rings. The van der Waals surface area contributed by atoms with Gasteiger partial charge in [-0.3, -0.25) is 0 Å². The number of methoxy groups -OCH3 is 2. The average Bonchev–Trinajstić information content (AvgIpc) is 2.61. The van der Waals surface area contributed by atoms with E-state index >= 15 is 0 Å². The standard InChI is InChI=1S/C18H28O6/c1-4-10-22-16-15(19)14(12-20-2)24-18(17(16)21-3)23-11-13-8-6-5-7-9-13/h5-9,14-19H,4,10-12H2,1-3H3/t14-,15-,16+,17-,18?/m1/s1. The zero-order valence-electron chi connectivity index (χ0n) is 14.6. The average molecular weight is 340 g/mol. The van der Waals surface area contributed by atoms with Crippen molar-refractivity contribution in [3.05, 3.63) is 35.9 Å². The van der Waals surface area contributed by atoms with E-state index in [-0.39, 0.29) is 6.61 Å². The molecule has 1 aliphatic heterocycles. The van der Waals surface area contributed by atoms with Crippen LogP contribution in [-0.4, -0.2) is 63.2 Å². The number of rotatable bonds is 9. The van der Waals surface area contributed by atoms with Crippen molar-refractivity contribution in [1.82, 2.24) is 0 Å². The fourth-order valence-electron chi connectivity index (χ4n) is 2.77. The Kier molecular flexibility index (Phi) is 8.11. The van der Waals surface area contributed by atoms with Crippen LogP contribution in [0, 0.1) is 0 Å². The van der Waals surface area contributed by atoms with E-state index in [9.17, 15) is 5.11 Å². The van der Waals surface area contributed by atoms with Crippen LogP contribution in [0.1, 0.15) is 18.9 Å². The fraction of sp³-hybridized carbons (Fsp3) is 0.667. The maximum absolute atomic E-state index is 10.5. The number of hydrogen-bond acceptors (Lipinski definition) is 6. The van der Waals surface area contributed by atoms with Gasteiger partial charge >= 0.3 is 0 Å². The number of hydrogen-bond donors (Lipinski definition) is 1. The van der Waals surface area contributed by atoms with Crippen LogP contribution in [-0.2, 0) is 30.3 Å². The molecule has 2 rings (SSSR count). The quantitative estimate of drug-likeness (QED) is 0.739. The van der Waals surface area contributed by atoms with E-state index in [1.54, 1.807) is 14.2 Å². The highest BCUT2D eigenvalue weighted by Crippen LogP contribution is 2.27. The van der Waals surface area contributed by atoms with Gasteiger partial charge in [0.15, 0.2) is 6.29 Å². The summed E-state index contributed by atoms with van der Waals surface area (Å²) in [5, 5.41) is 10.5. The van der Waals surface area contributed by atoms with Gasteiger partial charge in [-0.1, -0.05) is 37.3 Å². The van der Waals surface area contributed by atoms with Gasteiger partial charge in [-0.05, 0) is 12.0 Å². The lowest BCUT2D eigenvalue weighted by molar-refractivity contribution is -0.315. The Balaban J connectivity index is 2.07. The van der Waals surface area contributed by atoms with Crippen molar-refractivity contribution in [2.75, 3.05) is 27.4 Å². The maximum atomic E-state index is 10.5. The first-order valence-corrected chi connectivity index (χ1v) is 8.33. The minimum Gasteiger partial charge on any atom is -0.387 e. The molecule has 24 heavy (non-hydrogen) atoms. The predicted octanol–water partition coefficient (Wildman–Crippen LogP) is 1.75. The van der Waals surface area contributed by atoms with Crippen molar-refractivity contribution in [1.29, 1.82) is 0 Å². The van der Waals surface area contributed by atoms with Crippen LogP contribution in [0.5, 0.6) is 0 Å². The molecule has 1 unspecified atom stereocenters. The van der Waals surface area contributed by atoms with Crippen LogP contribution in [0.4, 0.5) is 0 Å². The third-order valence-electron chi connectivity index (χ3n) is 3.99. The summed E-state index contributed by atoms with van der Waals surface area (Å²) in [4.78, 5) is 0. The smallest absolute Gasteiger partial charge is 0.187 e. The summed E-state index contributed by atoms with van der Waals surface area (Å²) in [7, 11) is 3.14. The summed E-state index contributed by atoms with van der Waals surface area (Å²) in [6, 6.07) is 9.84. The largest absolute Gasteiger partial charge is 0.387 e. The molecule has 5 atom stereocenters. The van der Waals surface area contributed by atoms with Gasteiger partial charge in [-0.15, -0.1) is 0 Å². The van der Waals surface area contributed by atoms with Crippen molar-refractivity contribution in [3.8, 4) is 0 Å². The lowest BCUT2D eigenvalue weighted by Gasteiger charge is -2.43. The molecule has 0 aliphatic carbocycles. The van der Waals surface area contributed by atoms with E-state index in [0.717, 1.165) is 12.0 Å². The Labute approximate surface area is 143 Å². The summed E-state index contributed by atoms with van der Waals surface area (Å²) >= 11 is 0. The molecule has 1 saturated heterocycles. The SMILES string of the molecule is CCCO[C@H]1[C@H](O)[C@@H](COC)OC(OCc2ccccc2)[C@@H]1OC. The molecule has 0 amide bonds. The van der Waals surface area contributed by atoms with Gasteiger partial charge < -0.3 is 28.8 Å². The molecule has 1 heterocycles. The van der Waals surface area contributed by atoms with Crippen LogP contribution in [0.2, 0.25) is 0 Å². The van der Waals surface area contributed by atoms with Crippen LogP contribution in [0.3, 0.4) is 0 Å². The summed E-state index contributed by atoms with van der Waals surface area (Å²) in [6.07, 6.45) is -2.18. The van der Waals surface area contributed by atoms with Crippen LogP contribution in [0.15, 0.2) is 30.3 Å². The lowest BCUT2D eigenvalue weighted by atomic mass is 9.98. The highest BCUT2D eigenvalue weighted by molar-refractivity contribution is 5.13. The Bertz CT molecular complexity index is 454. The summed E-state index contributed by atoms with van der Waals surface area (Å²) in [5.74, 6) is 0. The normalized spacial score (nSPS) is 30.4. The van der Waals surface area contributed by atoms with E-state index in [1.807, 2.05) is 37.3 Å². The second-order valence-corrected chi connectivity index (χ2v) is 5.82. The second-order valence-electron chi connectivity index (χ2n) is 5.82. The molecule has 6 nitrogen and oxygen atoms in total. The number of aliphatic hydroxyl groups excluding tert-OH is 1. The fourth-order valence-corrected chi connectivity index (χ4v) is 2.77. The van der Waals surface area contributed by atoms with Gasteiger partial charge in [-0.2, -0.15) is 0 Å². The molecule has 1 aromatic rings. The predicted molar refractivity (Wildman–Crippen MR) is 88.6 cm³/mol. The molecular formula is C18H28O6. The van der Waals surface area contributed by atoms with E-state index in [4.69, 9.17) is 23.7 Å². The first kappa shape index (κ1) is 19.3. The monoisotopic (exact) mass is 340 g/mol. The van der Waals surface area contributed by atoms with Crippen molar-refractivity contribution in [2.24, 2.45) is 0 Å². The summed E-state index contributed by atoms with van der Waals surface area (Å²) < 4.78 is 28.3. The molecule has 0 saturated carbocycles. The molecule has 0 aromatic heterocycles. The van der Waals surface area contributed by atoms with E-state index < -0.39 is 30.7 Å². The van der Waals surface area contributed by atoms with Crippen molar-refractivity contribution >= 4 is 0 Å². The Morgan fingerprint density at radius 2 is 1.83 bits per heavy atom. The molecule has 1 fully saturated rings. The van der Waals surface area contributed by atoms with E-state index in [1.165, 1.54) is 0 Å². The first-order valence-electron chi connectivity index (χ1n) is 8.33.